The molecule has 0 saturated carbocycles. The zero-order chi connectivity index (χ0) is 35.4. The van der Waals surface area contributed by atoms with Gasteiger partial charge in [-0.3, -0.25) is 4.79 Å². The van der Waals surface area contributed by atoms with Crippen LogP contribution in [0.4, 0.5) is 0 Å². The first kappa shape index (κ1) is 32.4. The van der Waals surface area contributed by atoms with Gasteiger partial charge in [0.05, 0.1) is 10.8 Å². The molecule has 52 heavy (non-hydrogen) atoms. The minimum absolute atomic E-state index is 0.0540. The molecule has 0 amide bonds. The molecule has 0 aliphatic heterocycles. The Morgan fingerprint density at radius 3 is 1.31 bits per heavy atom. The maximum absolute atomic E-state index is 14.4. The Morgan fingerprint density at radius 2 is 0.885 bits per heavy atom. The molecule has 0 saturated heterocycles. The summed E-state index contributed by atoms with van der Waals surface area (Å²) in [6.07, 6.45) is 7.97. The van der Waals surface area contributed by atoms with Crippen LogP contribution in [-0.4, -0.2) is 0 Å². The third-order valence-corrected chi connectivity index (χ3v) is 9.54. The van der Waals surface area contributed by atoms with Gasteiger partial charge in [0.15, 0.2) is 0 Å². The second-order valence-electron chi connectivity index (χ2n) is 12.9. The Morgan fingerprint density at radius 1 is 0.481 bits per heavy atom. The number of benzene rings is 7. The molecule has 1 heterocycles. The first-order valence-electron chi connectivity index (χ1n) is 17.5. The van der Waals surface area contributed by atoms with E-state index in [1.54, 1.807) is 0 Å². The van der Waals surface area contributed by atoms with Crippen molar-refractivity contribution in [2.24, 2.45) is 0 Å². The molecule has 0 atom stereocenters. The molecular weight excluding hydrogens is 633 g/mol. The van der Waals surface area contributed by atoms with E-state index in [1.807, 2.05) is 91.9 Å². The van der Waals surface area contributed by atoms with Gasteiger partial charge < -0.3 is 4.42 Å². The lowest BCUT2D eigenvalue weighted by Gasteiger charge is -2.13. The highest BCUT2D eigenvalue weighted by atomic mass is 16.3. The van der Waals surface area contributed by atoms with Crippen LogP contribution in [0.2, 0.25) is 0 Å². The first-order chi connectivity index (χ1) is 25.6. The van der Waals surface area contributed by atoms with Crippen LogP contribution in [0.15, 0.2) is 204 Å². The van der Waals surface area contributed by atoms with Crippen molar-refractivity contribution in [3.8, 4) is 55.6 Å². The summed E-state index contributed by atoms with van der Waals surface area (Å²) in [5, 5.41) is 1.10. The Bertz CT molecular complexity index is 2640. The van der Waals surface area contributed by atoms with E-state index in [-0.39, 0.29) is 5.43 Å². The van der Waals surface area contributed by atoms with E-state index < -0.39 is 0 Å². The van der Waals surface area contributed by atoms with Gasteiger partial charge in [-0.25, -0.2) is 0 Å². The van der Waals surface area contributed by atoms with Gasteiger partial charge in [0.1, 0.15) is 11.2 Å². The maximum atomic E-state index is 14.4. The normalized spacial score (nSPS) is 11.8. The monoisotopic (exact) mass is 668 g/mol. The van der Waals surface area contributed by atoms with Crippen molar-refractivity contribution in [3.05, 3.63) is 210 Å². The molecule has 0 bridgehead atoms. The second-order valence-corrected chi connectivity index (χ2v) is 12.9. The van der Waals surface area contributed by atoms with Crippen LogP contribution in [0, 0.1) is 0 Å². The molecule has 0 aliphatic carbocycles. The van der Waals surface area contributed by atoms with E-state index in [9.17, 15) is 4.79 Å². The van der Waals surface area contributed by atoms with Gasteiger partial charge in [-0.1, -0.05) is 134 Å². The van der Waals surface area contributed by atoms with Crippen LogP contribution in [-0.2, 0) is 0 Å². The van der Waals surface area contributed by atoms with E-state index in [4.69, 9.17) is 4.42 Å². The van der Waals surface area contributed by atoms with E-state index in [0.717, 1.165) is 66.8 Å². The van der Waals surface area contributed by atoms with E-state index >= 15 is 0 Å². The number of hydrogen-bond donors (Lipinski definition) is 0. The van der Waals surface area contributed by atoms with Crippen molar-refractivity contribution in [2.75, 3.05) is 0 Å². The number of fused-ring (bicyclic) bond motifs is 2. The number of rotatable bonds is 8. The smallest absolute Gasteiger partial charge is 0.200 e. The second kappa shape index (κ2) is 14.2. The molecule has 8 rings (SSSR count). The van der Waals surface area contributed by atoms with Crippen molar-refractivity contribution in [3.63, 3.8) is 0 Å². The molecular formula is C50H36O2. The van der Waals surface area contributed by atoms with Crippen LogP contribution < -0.4 is 5.43 Å². The molecule has 0 radical (unpaired) electrons. The molecule has 2 nitrogen and oxygen atoms in total. The molecule has 7 aromatic carbocycles. The minimum atomic E-state index is -0.0540. The van der Waals surface area contributed by atoms with Gasteiger partial charge in [-0.2, -0.15) is 0 Å². The highest BCUT2D eigenvalue weighted by Crippen LogP contribution is 2.36. The summed E-state index contributed by atoms with van der Waals surface area (Å²) < 4.78 is 6.38. The molecule has 248 valence electrons. The van der Waals surface area contributed by atoms with Crippen LogP contribution in [0.5, 0.6) is 0 Å². The van der Waals surface area contributed by atoms with E-state index in [1.165, 1.54) is 0 Å². The van der Waals surface area contributed by atoms with Crippen molar-refractivity contribution >= 4 is 27.5 Å². The Balaban J connectivity index is 1.27. The third-order valence-electron chi connectivity index (χ3n) is 9.54. The lowest BCUT2D eigenvalue weighted by atomic mass is 9.92. The molecule has 0 unspecified atom stereocenters. The summed E-state index contributed by atoms with van der Waals surface area (Å²) in [5.74, 6) is 0. The highest BCUT2D eigenvalue weighted by molar-refractivity contribution is 5.95. The fourth-order valence-corrected chi connectivity index (χ4v) is 6.84. The van der Waals surface area contributed by atoms with Crippen molar-refractivity contribution in [1.82, 2.24) is 0 Å². The highest BCUT2D eigenvalue weighted by Gasteiger charge is 2.14. The quantitative estimate of drug-likeness (QED) is 0.119. The maximum Gasteiger partial charge on any atom is 0.200 e. The lowest BCUT2D eigenvalue weighted by molar-refractivity contribution is 0.660. The fourth-order valence-electron chi connectivity index (χ4n) is 6.84. The topological polar surface area (TPSA) is 30.2 Å². The van der Waals surface area contributed by atoms with Crippen molar-refractivity contribution in [2.45, 2.75) is 6.92 Å². The zero-order valence-electron chi connectivity index (χ0n) is 28.9. The first-order valence-corrected chi connectivity index (χ1v) is 17.5. The molecule has 8 aromatic rings. The zero-order valence-corrected chi connectivity index (χ0v) is 28.9. The average molecular weight is 669 g/mol. The minimum Gasteiger partial charge on any atom is -0.456 e. The molecule has 1 aromatic heterocycles. The van der Waals surface area contributed by atoms with Crippen LogP contribution >= 0.6 is 0 Å². The lowest BCUT2D eigenvalue weighted by Crippen LogP contribution is -2.02. The standard InChI is InChI=1S/C50H36O2/c1-3-5-15-34(4-2)40-26-41(35-16-9-6-10-17-35)29-44(27-40)38-22-24-48-46(32-38)50(51)47-33-39(23-25-49(47)52-48)45-30-42(36-18-11-7-12-19-36)28-43(31-45)37-20-13-8-14-21-37/h3-33H,2H2,1H3/b5-3-,34-15+. The number of hydrogen-bond acceptors (Lipinski definition) is 2. The van der Waals surface area contributed by atoms with Crippen LogP contribution in [0.25, 0.3) is 83.1 Å². The van der Waals surface area contributed by atoms with Gasteiger partial charge in [-0.05, 0) is 134 Å². The Labute approximate surface area is 304 Å². The SMILES string of the molecule is C=C/C(=C\C=C/C)c1cc(-c2ccccc2)cc(-c2ccc3oc4ccc(-c5cc(-c6ccccc6)cc(-c6ccccc6)c5)cc4c(=O)c3c2)c1. The average Bonchev–Trinajstić information content (AvgIpc) is 3.21. The Hall–Kier alpha value is -6.77. The Kier molecular flexibility index (Phi) is 8.87. The van der Waals surface area contributed by atoms with Crippen LogP contribution in [0.1, 0.15) is 12.5 Å². The summed E-state index contributed by atoms with van der Waals surface area (Å²) in [7, 11) is 0. The van der Waals surface area contributed by atoms with Gasteiger partial charge in [-0.15, -0.1) is 0 Å². The summed E-state index contributed by atoms with van der Waals surface area (Å²) in [6, 6.07) is 56.1. The molecule has 0 aliphatic rings. The van der Waals surface area contributed by atoms with Crippen molar-refractivity contribution in [1.29, 1.82) is 0 Å². The summed E-state index contributed by atoms with van der Waals surface area (Å²) >= 11 is 0. The van der Waals surface area contributed by atoms with Crippen LogP contribution in [0.3, 0.4) is 0 Å². The van der Waals surface area contributed by atoms with Gasteiger partial charge in [0.2, 0.25) is 5.43 Å². The molecule has 2 heteroatoms. The summed E-state index contributed by atoms with van der Waals surface area (Å²) in [6.45, 7) is 6.09. The van der Waals surface area contributed by atoms with Gasteiger partial charge in [0, 0.05) is 0 Å². The summed E-state index contributed by atoms with van der Waals surface area (Å²) in [5.41, 5.74) is 13.8. The predicted octanol–water partition coefficient (Wildman–Crippen LogP) is 13.4. The number of allylic oxidation sites excluding steroid dienone is 5. The molecule has 0 N–H and O–H groups in total. The predicted molar refractivity (Wildman–Crippen MR) is 220 cm³/mol. The van der Waals surface area contributed by atoms with E-state index in [2.05, 4.69) is 110 Å². The van der Waals surface area contributed by atoms with Gasteiger partial charge >= 0.3 is 0 Å². The molecule has 0 spiro atoms. The van der Waals surface area contributed by atoms with E-state index in [0.29, 0.717) is 21.9 Å². The largest absolute Gasteiger partial charge is 0.456 e. The third kappa shape index (κ3) is 6.46. The van der Waals surface area contributed by atoms with Gasteiger partial charge in [0.25, 0.3) is 0 Å². The fraction of sp³-hybridized carbons (Fsp3) is 0.0200. The van der Waals surface area contributed by atoms with Crippen molar-refractivity contribution < 1.29 is 4.42 Å². The summed E-state index contributed by atoms with van der Waals surface area (Å²) in [4.78, 5) is 14.4. The molecule has 0 fully saturated rings.